The Morgan fingerprint density at radius 3 is 2.27 bits per heavy atom. The maximum Gasteiger partial charge on any atom is 0.119 e. The third-order valence-electron chi connectivity index (χ3n) is 7.42. The van der Waals surface area contributed by atoms with Crippen LogP contribution in [0.15, 0.2) is 24.3 Å². The van der Waals surface area contributed by atoms with Crippen molar-refractivity contribution in [2.45, 2.75) is 90.9 Å². The second-order valence-electron chi connectivity index (χ2n) is 9.11. The summed E-state index contributed by atoms with van der Waals surface area (Å²) in [6.07, 6.45) is 13.9. The number of unbranched alkanes of at least 4 members (excludes halogenated alkanes) is 1. The molecule has 0 spiro atoms. The van der Waals surface area contributed by atoms with Crippen molar-refractivity contribution in [3.05, 3.63) is 29.8 Å². The van der Waals surface area contributed by atoms with Gasteiger partial charge in [-0.2, -0.15) is 0 Å². The molecule has 0 bridgehead atoms. The molecular weight excluding hydrogens is 316 g/mol. The predicted octanol–water partition coefficient (Wildman–Crippen LogP) is 7.60. The summed E-state index contributed by atoms with van der Waals surface area (Å²) in [5.41, 5.74) is 1.54. The van der Waals surface area contributed by atoms with E-state index in [1.807, 2.05) is 0 Å². The van der Waals surface area contributed by atoms with Crippen molar-refractivity contribution in [2.24, 2.45) is 23.7 Å². The van der Waals surface area contributed by atoms with E-state index in [0.717, 1.165) is 48.4 Å². The maximum atomic E-state index is 5.81. The van der Waals surface area contributed by atoms with Crippen LogP contribution in [0.3, 0.4) is 0 Å². The van der Waals surface area contributed by atoms with E-state index in [2.05, 4.69) is 45.0 Å². The third-order valence-corrected chi connectivity index (χ3v) is 7.42. The Bertz CT molecular complexity index is 511. The largest absolute Gasteiger partial charge is 0.494 e. The molecule has 3 rings (SSSR count). The summed E-state index contributed by atoms with van der Waals surface area (Å²) >= 11 is 0. The van der Waals surface area contributed by atoms with Crippen LogP contribution in [0.25, 0.3) is 0 Å². The van der Waals surface area contributed by atoms with Crippen LogP contribution in [0.2, 0.25) is 0 Å². The lowest BCUT2D eigenvalue weighted by atomic mass is 9.64. The van der Waals surface area contributed by atoms with Crippen LogP contribution < -0.4 is 4.74 Å². The van der Waals surface area contributed by atoms with Crippen LogP contribution in [0.1, 0.15) is 96.5 Å². The molecule has 1 aromatic carbocycles. The molecule has 2 aliphatic rings. The Balaban J connectivity index is 1.47. The summed E-state index contributed by atoms with van der Waals surface area (Å²) in [7, 11) is 0. The molecule has 1 aromatic rings. The summed E-state index contributed by atoms with van der Waals surface area (Å²) in [6.45, 7) is 7.97. The maximum absolute atomic E-state index is 5.81. The first kappa shape index (κ1) is 19.8. The molecule has 146 valence electrons. The Labute approximate surface area is 161 Å². The number of ether oxygens (including phenoxy) is 1. The summed E-state index contributed by atoms with van der Waals surface area (Å²) in [4.78, 5) is 0. The highest BCUT2D eigenvalue weighted by Crippen LogP contribution is 2.46. The fourth-order valence-electron chi connectivity index (χ4n) is 5.65. The molecule has 0 aliphatic heterocycles. The van der Waals surface area contributed by atoms with Crippen molar-refractivity contribution in [1.82, 2.24) is 0 Å². The normalized spacial score (nSPS) is 32.3. The summed E-state index contributed by atoms with van der Waals surface area (Å²) in [6, 6.07) is 9.01. The van der Waals surface area contributed by atoms with E-state index in [1.165, 1.54) is 63.4 Å². The van der Waals surface area contributed by atoms with Gasteiger partial charge in [-0.05, 0) is 92.2 Å². The van der Waals surface area contributed by atoms with Gasteiger partial charge in [0, 0.05) is 0 Å². The first-order valence-corrected chi connectivity index (χ1v) is 11.4. The molecule has 0 aromatic heterocycles. The lowest BCUT2D eigenvalue weighted by Crippen LogP contribution is -2.31. The minimum absolute atomic E-state index is 0.776. The molecule has 3 atom stereocenters. The van der Waals surface area contributed by atoms with Gasteiger partial charge in [-0.15, -0.1) is 0 Å². The van der Waals surface area contributed by atoms with E-state index in [4.69, 9.17) is 4.74 Å². The molecule has 3 unspecified atom stereocenters. The minimum Gasteiger partial charge on any atom is -0.494 e. The summed E-state index contributed by atoms with van der Waals surface area (Å²) in [5.74, 6) is 5.78. The molecule has 1 heteroatoms. The fraction of sp³-hybridized carbons (Fsp3) is 0.760. The smallest absolute Gasteiger partial charge is 0.119 e. The Morgan fingerprint density at radius 1 is 0.923 bits per heavy atom. The number of rotatable bonds is 7. The quantitative estimate of drug-likeness (QED) is 0.457. The Morgan fingerprint density at radius 2 is 1.65 bits per heavy atom. The molecule has 2 fully saturated rings. The van der Waals surface area contributed by atoms with Crippen molar-refractivity contribution < 1.29 is 4.74 Å². The van der Waals surface area contributed by atoms with Crippen LogP contribution in [0.4, 0.5) is 0 Å². The molecule has 26 heavy (non-hydrogen) atoms. The number of hydrogen-bond acceptors (Lipinski definition) is 1. The Hall–Kier alpha value is -0.980. The van der Waals surface area contributed by atoms with Gasteiger partial charge in [-0.1, -0.05) is 52.2 Å². The van der Waals surface area contributed by atoms with Crippen molar-refractivity contribution >= 4 is 0 Å². The van der Waals surface area contributed by atoms with E-state index in [9.17, 15) is 0 Å². The standard InChI is InChI=1S/C25H40O/c1-4-6-17-26-24-14-12-22(13-15-24)21-8-10-23(11-9-21)25-16-7-20(5-2)18-19(25)3/h12-15,19-21,23,25H,4-11,16-18H2,1-3H3. The highest BCUT2D eigenvalue weighted by Gasteiger charge is 2.34. The van der Waals surface area contributed by atoms with Gasteiger partial charge in [0.1, 0.15) is 5.75 Å². The van der Waals surface area contributed by atoms with Gasteiger partial charge < -0.3 is 4.74 Å². The second kappa shape index (κ2) is 9.81. The lowest BCUT2D eigenvalue weighted by Gasteiger charge is -2.41. The van der Waals surface area contributed by atoms with E-state index in [0.29, 0.717) is 0 Å². The predicted molar refractivity (Wildman–Crippen MR) is 112 cm³/mol. The monoisotopic (exact) mass is 356 g/mol. The van der Waals surface area contributed by atoms with Gasteiger partial charge >= 0.3 is 0 Å². The van der Waals surface area contributed by atoms with Crippen LogP contribution in [-0.2, 0) is 0 Å². The minimum atomic E-state index is 0.776. The van der Waals surface area contributed by atoms with Crippen LogP contribution >= 0.6 is 0 Å². The van der Waals surface area contributed by atoms with E-state index >= 15 is 0 Å². The zero-order chi connectivity index (χ0) is 18.4. The molecule has 0 radical (unpaired) electrons. The zero-order valence-corrected chi connectivity index (χ0v) is 17.4. The van der Waals surface area contributed by atoms with E-state index in [-0.39, 0.29) is 0 Å². The van der Waals surface area contributed by atoms with E-state index in [1.54, 1.807) is 0 Å². The van der Waals surface area contributed by atoms with Gasteiger partial charge in [0.25, 0.3) is 0 Å². The summed E-state index contributed by atoms with van der Waals surface area (Å²) in [5, 5.41) is 0. The molecular formula is C25H40O. The topological polar surface area (TPSA) is 9.23 Å². The second-order valence-corrected chi connectivity index (χ2v) is 9.11. The highest BCUT2D eigenvalue weighted by molar-refractivity contribution is 5.29. The molecule has 2 aliphatic carbocycles. The lowest BCUT2D eigenvalue weighted by molar-refractivity contribution is 0.104. The van der Waals surface area contributed by atoms with Crippen molar-refractivity contribution in [1.29, 1.82) is 0 Å². The van der Waals surface area contributed by atoms with Gasteiger partial charge in [0.2, 0.25) is 0 Å². The molecule has 0 amide bonds. The van der Waals surface area contributed by atoms with Gasteiger partial charge in [-0.3, -0.25) is 0 Å². The molecule has 0 N–H and O–H groups in total. The zero-order valence-electron chi connectivity index (χ0n) is 17.4. The van der Waals surface area contributed by atoms with Gasteiger partial charge in [-0.25, -0.2) is 0 Å². The Kier molecular flexibility index (Phi) is 7.46. The molecule has 0 heterocycles. The molecule has 0 saturated heterocycles. The van der Waals surface area contributed by atoms with Gasteiger partial charge in [0.15, 0.2) is 0 Å². The first-order chi connectivity index (χ1) is 12.7. The number of benzene rings is 1. The average molecular weight is 357 g/mol. The van der Waals surface area contributed by atoms with Crippen molar-refractivity contribution in [2.75, 3.05) is 6.61 Å². The van der Waals surface area contributed by atoms with Crippen molar-refractivity contribution in [3.63, 3.8) is 0 Å². The molecule has 1 nitrogen and oxygen atoms in total. The van der Waals surface area contributed by atoms with Crippen LogP contribution in [-0.4, -0.2) is 6.61 Å². The third kappa shape index (κ3) is 5.05. The van der Waals surface area contributed by atoms with Crippen molar-refractivity contribution in [3.8, 4) is 5.75 Å². The van der Waals surface area contributed by atoms with Gasteiger partial charge in [0.05, 0.1) is 6.61 Å². The fourth-order valence-corrected chi connectivity index (χ4v) is 5.65. The van der Waals surface area contributed by atoms with Crippen LogP contribution in [0, 0.1) is 23.7 Å². The average Bonchev–Trinajstić information content (AvgIpc) is 2.69. The molecule has 2 saturated carbocycles. The highest BCUT2D eigenvalue weighted by atomic mass is 16.5. The first-order valence-electron chi connectivity index (χ1n) is 11.4. The summed E-state index contributed by atoms with van der Waals surface area (Å²) < 4.78 is 5.81. The SMILES string of the molecule is CCCCOc1ccc(C2CCC(C3CCC(CC)CC3C)CC2)cc1. The van der Waals surface area contributed by atoms with Crippen LogP contribution in [0.5, 0.6) is 5.75 Å². The van der Waals surface area contributed by atoms with E-state index < -0.39 is 0 Å². The number of hydrogen-bond donors (Lipinski definition) is 0.